The van der Waals surface area contributed by atoms with Crippen LogP contribution in [0.25, 0.3) is 0 Å². The van der Waals surface area contributed by atoms with Gasteiger partial charge in [0.1, 0.15) is 0 Å². The molecule has 0 bridgehead atoms. The van der Waals surface area contributed by atoms with E-state index in [1.807, 2.05) is 0 Å². The van der Waals surface area contributed by atoms with Crippen molar-refractivity contribution < 1.29 is 26.3 Å². The Kier molecular flexibility index (Phi) is 3.20. The summed E-state index contributed by atoms with van der Waals surface area (Å²) in [5.41, 5.74) is -3.58. The molecule has 0 aromatic heterocycles. The Morgan fingerprint density at radius 3 is 1.82 bits per heavy atom. The van der Waals surface area contributed by atoms with Gasteiger partial charge < -0.3 is 0 Å². The number of rotatable bonds is 0. The quantitative estimate of drug-likeness (QED) is 0.557. The van der Waals surface area contributed by atoms with Crippen molar-refractivity contribution in [3.05, 3.63) is 35.5 Å². The summed E-state index contributed by atoms with van der Waals surface area (Å²) in [5.74, 6) is 0. The van der Waals surface area contributed by atoms with E-state index in [-0.39, 0.29) is 0 Å². The monoisotopic (exact) mass is 256 g/mol. The van der Waals surface area contributed by atoms with Crippen LogP contribution >= 0.6 is 0 Å². The largest absolute Gasteiger partial charge is 0.416 e. The van der Waals surface area contributed by atoms with Crippen LogP contribution in [0.4, 0.5) is 26.3 Å². The van der Waals surface area contributed by atoms with Gasteiger partial charge in [0.2, 0.25) is 0 Å². The van der Waals surface area contributed by atoms with Gasteiger partial charge in [0.05, 0.1) is 5.57 Å². The van der Waals surface area contributed by atoms with Gasteiger partial charge in [-0.05, 0) is 6.08 Å². The minimum atomic E-state index is -4.65. The van der Waals surface area contributed by atoms with Gasteiger partial charge in [0.15, 0.2) is 0 Å². The van der Waals surface area contributed by atoms with E-state index < -0.39 is 28.9 Å². The van der Waals surface area contributed by atoms with Crippen LogP contribution in [0.15, 0.2) is 35.5 Å². The van der Waals surface area contributed by atoms with E-state index in [1.165, 1.54) is 13.8 Å². The topological polar surface area (TPSA) is 0 Å². The smallest absolute Gasteiger partial charge is 0.166 e. The highest BCUT2D eigenvalue weighted by atomic mass is 19.4. The lowest BCUT2D eigenvalue weighted by atomic mass is 9.83. The normalized spacial score (nSPS) is 20.7. The molecule has 0 aromatic rings. The first kappa shape index (κ1) is 13.9. The number of allylic oxidation sites excluding steroid dienone is 6. The molecule has 0 spiro atoms. The summed E-state index contributed by atoms with van der Waals surface area (Å²) in [6.07, 6.45) is -6.76. The fourth-order valence-corrected chi connectivity index (χ4v) is 1.48. The molecule has 0 saturated carbocycles. The zero-order valence-electron chi connectivity index (χ0n) is 9.08. The van der Waals surface area contributed by atoms with Gasteiger partial charge in [0, 0.05) is 11.0 Å². The van der Waals surface area contributed by atoms with E-state index in [4.69, 9.17) is 0 Å². The van der Waals surface area contributed by atoms with Crippen molar-refractivity contribution in [2.45, 2.75) is 26.2 Å². The fraction of sp³-hybridized carbons (Fsp3) is 0.455. The van der Waals surface area contributed by atoms with Crippen molar-refractivity contribution in [1.29, 1.82) is 0 Å². The van der Waals surface area contributed by atoms with Gasteiger partial charge in [-0.25, -0.2) is 0 Å². The molecule has 0 heterocycles. The molecule has 1 aliphatic carbocycles. The van der Waals surface area contributed by atoms with Gasteiger partial charge in [-0.2, -0.15) is 26.3 Å². The molecule has 96 valence electrons. The first-order valence-corrected chi connectivity index (χ1v) is 4.71. The summed E-state index contributed by atoms with van der Waals surface area (Å²) < 4.78 is 75.0. The minimum Gasteiger partial charge on any atom is -0.166 e. The van der Waals surface area contributed by atoms with Crippen molar-refractivity contribution in [2.24, 2.45) is 5.41 Å². The summed E-state index contributed by atoms with van der Waals surface area (Å²) in [6, 6.07) is 0. The Morgan fingerprint density at radius 1 is 0.882 bits per heavy atom. The zero-order valence-corrected chi connectivity index (χ0v) is 9.08. The summed E-state index contributed by atoms with van der Waals surface area (Å²) in [4.78, 5) is 0. The molecule has 0 aliphatic heterocycles. The number of hydrogen-bond acceptors (Lipinski definition) is 0. The maximum atomic E-state index is 12.6. The second kappa shape index (κ2) is 3.92. The summed E-state index contributed by atoms with van der Waals surface area (Å²) >= 11 is 0. The molecule has 0 atom stereocenters. The van der Waals surface area contributed by atoms with Gasteiger partial charge in [-0.3, -0.25) is 0 Å². The van der Waals surface area contributed by atoms with Crippen molar-refractivity contribution in [3.8, 4) is 0 Å². The molecular weight excluding hydrogens is 246 g/mol. The molecule has 0 N–H and O–H groups in total. The van der Waals surface area contributed by atoms with E-state index >= 15 is 0 Å². The number of halogens is 6. The first-order chi connectivity index (χ1) is 7.44. The summed E-state index contributed by atoms with van der Waals surface area (Å²) in [5, 5.41) is 0. The average molecular weight is 256 g/mol. The van der Waals surface area contributed by atoms with Crippen LogP contribution in [0.3, 0.4) is 0 Å². The van der Waals surface area contributed by atoms with Crippen LogP contribution < -0.4 is 0 Å². The highest BCUT2D eigenvalue weighted by Gasteiger charge is 2.43. The zero-order chi connectivity index (χ0) is 13.5. The third-order valence-corrected chi connectivity index (χ3v) is 2.44. The second-order valence-electron chi connectivity index (χ2n) is 4.25. The molecule has 0 nitrogen and oxygen atoms in total. The van der Waals surface area contributed by atoms with Crippen LogP contribution in [0, 0.1) is 5.41 Å². The molecule has 0 aromatic carbocycles. The number of hydrogen-bond donors (Lipinski definition) is 0. The Bertz CT molecular complexity index is 389. The first-order valence-electron chi connectivity index (χ1n) is 4.71. The maximum absolute atomic E-state index is 12.6. The fourth-order valence-electron chi connectivity index (χ4n) is 1.48. The van der Waals surface area contributed by atoms with E-state index in [1.54, 1.807) is 0 Å². The molecule has 17 heavy (non-hydrogen) atoms. The molecular formula is C11H10F6. The lowest BCUT2D eigenvalue weighted by molar-refractivity contribution is -0.102. The summed E-state index contributed by atoms with van der Waals surface area (Å²) in [7, 11) is 0. The van der Waals surface area contributed by atoms with Crippen LogP contribution in [0.2, 0.25) is 0 Å². The highest BCUT2D eigenvalue weighted by molar-refractivity contribution is 5.39. The number of alkyl halides is 6. The molecule has 0 saturated heterocycles. The van der Waals surface area contributed by atoms with Crippen molar-refractivity contribution in [1.82, 2.24) is 0 Å². The van der Waals surface area contributed by atoms with Crippen molar-refractivity contribution in [2.75, 3.05) is 0 Å². The van der Waals surface area contributed by atoms with Crippen LogP contribution in [0.5, 0.6) is 0 Å². The van der Waals surface area contributed by atoms with Gasteiger partial charge in [0.25, 0.3) is 0 Å². The Balaban J connectivity index is 3.28. The third kappa shape index (κ3) is 3.14. The molecule has 0 fully saturated rings. The Labute approximate surface area is 94.3 Å². The Morgan fingerprint density at radius 2 is 1.41 bits per heavy atom. The van der Waals surface area contributed by atoms with Crippen molar-refractivity contribution in [3.63, 3.8) is 0 Å². The second-order valence-corrected chi connectivity index (χ2v) is 4.25. The van der Waals surface area contributed by atoms with E-state index in [0.717, 1.165) is 6.08 Å². The lowest BCUT2D eigenvalue weighted by Crippen LogP contribution is -2.24. The Hall–Kier alpha value is -1.20. The van der Waals surface area contributed by atoms with Crippen LogP contribution in [-0.2, 0) is 0 Å². The van der Waals surface area contributed by atoms with Crippen LogP contribution in [0.1, 0.15) is 13.8 Å². The van der Waals surface area contributed by atoms with Gasteiger partial charge in [-0.15, -0.1) is 0 Å². The SMILES string of the molecule is CC1(C)C=CC(C(F)(F)F)=CC=C1C(F)(F)F. The molecule has 0 amide bonds. The minimum absolute atomic E-state index is 0.452. The standard InChI is InChI=1S/C11H10F6/c1-9(2)6-5-7(10(12,13)14)3-4-8(9)11(15,16)17/h3-6H,1-2H3. The van der Waals surface area contributed by atoms with E-state index in [2.05, 4.69) is 0 Å². The molecule has 6 heteroatoms. The molecule has 1 rings (SSSR count). The summed E-state index contributed by atoms with van der Waals surface area (Å²) in [6.45, 7) is 2.44. The van der Waals surface area contributed by atoms with Gasteiger partial charge in [-0.1, -0.05) is 32.1 Å². The lowest BCUT2D eigenvalue weighted by Gasteiger charge is -2.25. The predicted molar refractivity (Wildman–Crippen MR) is 51.2 cm³/mol. The highest BCUT2D eigenvalue weighted by Crippen LogP contribution is 2.42. The molecule has 0 radical (unpaired) electrons. The molecule has 0 unspecified atom stereocenters. The van der Waals surface area contributed by atoms with E-state index in [9.17, 15) is 26.3 Å². The third-order valence-electron chi connectivity index (χ3n) is 2.44. The molecule has 1 aliphatic rings. The van der Waals surface area contributed by atoms with Gasteiger partial charge >= 0.3 is 12.4 Å². The van der Waals surface area contributed by atoms with Crippen molar-refractivity contribution >= 4 is 0 Å². The predicted octanol–water partition coefficient (Wildman–Crippen LogP) is 4.56. The maximum Gasteiger partial charge on any atom is 0.416 e. The van der Waals surface area contributed by atoms with E-state index in [0.29, 0.717) is 18.2 Å². The van der Waals surface area contributed by atoms with Crippen LogP contribution in [-0.4, -0.2) is 12.4 Å². The average Bonchev–Trinajstić information content (AvgIpc) is 2.20.